The van der Waals surface area contributed by atoms with Gasteiger partial charge in [0.05, 0.1) is 19.1 Å². The van der Waals surface area contributed by atoms with Gasteiger partial charge in [-0.2, -0.15) is 0 Å². The van der Waals surface area contributed by atoms with Crippen LogP contribution >= 0.6 is 0 Å². The summed E-state index contributed by atoms with van der Waals surface area (Å²) in [5.41, 5.74) is 1.06. The molecule has 1 saturated heterocycles. The van der Waals surface area contributed by atoms with E-state index in [0.717, 1.165) is 18.5 Å². The Hall–Kier alpha value is -1.59. The number of carbonyl (C=O) groups is 1. The molecule has 2 rings (SSSR count). The van der Waals surface area contributed by atoms with Crippen molar-refractivity contribution in [3.8, 4) is 5.75 Å². The van der Waals surface area contributed by atoms with Crippen molar-refractivity contribution in [2.45, 2.75) is 25.9 Å². The smallest absolute Gasteiger partial charge is 0.310 e. The predicted molar refractivity (Wildman–Crippen MR) is 74.5 cm³/mol. The Morgan fingerprint density at radius 1 is 1.35 bits per heavy atom. The zero-order chi connectivity index (χ0) is 14.5. The molecule has 20 heavy (non-hydrogen) atoms. The van der Waals surface area contributed by atoms with E-state index in [1.165, 1.54) is 0 Å². The van der Waals surface area contributed by atoms with Gasteiger partial charge in [-0.1, -0.05) is 19.1 Å². The number of carboxylic acid groups (broad SMARTS) is 1. The molecule has 2 N–H and O–H groups in total. The number of phenols is 1. The maximum atomic E-state index is 11.3. The highest BCUT2D eigenvalue weighted by molar-refractivity contribution is 5.71. The van der Waals surface area contributed by atoms with Crippen LogP contribution in [0.5, 0.6) is 5.75 Å². The van der Waals surface area contributed by atoms with E-state index in [1.807, 2.05) is 12.1 Å². The minimum absolute atomic E-state index is 0.0822. The summed E-state index contributed by atoms with van der Waals surface area (Å²) in [7, 11) is 0. The van der Waals surface area contributed by atoms with E-state index < -0.39 is 11.9 Å². The van der Waals surface area contributed by atoms with Crippen LogP contribution in [0.3, 0.4) is 0 Å². The molecule has 0 amide bonds. The number of aromatic hydroxyl groups is 1. The Morgan fingerprint density at radius 3 is 2.65 bits per heavy atom. The van der Waals surface area contributed by atoms with Crippen molar-refractivity contribution in [2.75, 3.05) is 19.8 Å². The standard InChI is InChI=1S/C15H21NO4/c1-2-7-16(8-11-3-5-12(17)6-4-11)14-10-20-9-13(14)15(18)19/h3-6,13-14,17H,2,7-10H2,1H3,(H,18,19). The largest absolute Gasteiger partial charge is 0.508 e. The van der Waals surface area contributed by atoms with Crippen LogP contribution < -0.4 is 0 Å². The zero-order valence-corrected chi connectivity index (χ0v) is 11.7. The van der Waals surface area contributed by atoms with Gasteiger partial charge in [0.1, 0.15) is 5.75 Å². The minimum atomic E-state index is -0.792. The monoisotopic (exact) mass is 279 g/mol. The Morgan fingerprint density at radius 2 is 2.05 bits per heavy atom. The molecular formula is C15H21NO4. The molecule has 110 valence electrons. The average Bonchev–Trinajstić information content (AvgIpc) is 2.90. The lowest BCUT2D eigenvalue weighted by atomic mass is 10.0. The molecule has 1 heterocycles. The molecule has 1 aromatic carbocycles. The van der Waals surface area contributed by atoms with E-state index in [2.05, 4.69) is 11.8 Å². The second-order valence-corrected chi connectivity index (χ2v) is 5.19. The van der Waals surface area contributed by atoms with Gasteiger partial charge in [0.25, 0.3) is 0 Å². The fourth-order valence-electron chi connectivity index (χ4n) is 2.62. The lowest BCUT2D eigenvalue weighted by Gasteiger charge is -2.30. The summed E-state index contributed by atoms with van der Waals surface area (Å²) in [5.74, 6) is -1.01. The Balaban J connectivity index is 2.10. The first-order chi connectivity index (χ1) is 9.61. The molecule has 0 aliphatic carbocycles. The van der Waals surface area contributed by atoms with E-state index in [1.54, 1.807) is 12.1 Å². The van der Waals surface area contributed by atoms with E-state index >= 15 is 0 Å². The summed E-state index contributed by atoms with van der Waals surface area (Å²) < 4.78 is 5.35. The number of hydrogen-bond acceptors (Lipinski definition) is 4. The summed E-state index contributed by atoms with van der Waals surface area (Å²) in [4.78, 5) is 13.4. The van der Waals surface area contributed by atoms with Gasteiger partial charge in [-0.3, -0.25) is 9.69 Å². The van der Waals surface area contributed by atoms with E-state index in [-0.39, 0.29) is 18.4 Å². The van der Waals surface area contributed by atoms with Crippen molar-refractivity contribution in [1.82, 2.24) is 4.90 Å². The molecule has 1 fully saturated rings. The molecule has 2 unspecified atom stereocenters. The molecule has 0 spiro atoms. The lowest BCUT2D eigenvalue weighted by molar-refractivity contribution is -0.143. The molecule has 0 saturated carbocycles. The molecular weight excluding hydrogens is 258 g/mol. The van der Waals surface area contributed by atoms with Crippen molar-refractivity contribution in [1.29, 1.82) is 0 Å². The van der Waals surface area contributed by atoms with Gasteiger partial charge in [-0.05, 0) is 30.7 Å². The van der Waals surface area contributed by atoms with Crippen molar-refractivity contribution in [3.05, 3.63) is 29.8 Å². The quantitative estimate of drug-likeness (QED) is 0.829. The fourth-order valence-corrected chi connectivity index (χ4v) is 2.62. The number of aliphatic carboxylic acids is 1. The third kappa shape index (κ3) is 3.49. The molecule has 1 aliphatic rings. The fraction of sp³-hybridized carbons (Fsp3) is 0.533. The van der Waals surface area contributed by atoms with E-state index in [0.29, 0.717) is 13.2 Å². The van der Waals surface area contributed by atoms with Gasteiger partial charge in [0.2, 0.25) is 0 Å². The van der Waals surface area contributed by atoms with E-state index in [4.69, 9.17) is 4.74 Å². The van der Waals surface area contributed by atoms with Gasteiger partial charge in [-0.15, -0.1) is 0 Å². The van der Waals surface area contributed by atoms with Crippen molar-refractivity contribution < 1.29 is 19.7 Å². The number of hydrogen-bond donors (Lipinski definition) is 2. The molecule has 5 heteroatoms. The highest BCUT2D eigenvalue weighted by Gasteiger charge is 2.37. The average molecular weight is 279 g/mol. The van der Waals surface area contributed by atoms with Gasteiger partial charge >= 0.3 is 5.97 Å². The van der Waals surface area contributed by atoms with Crippen LogP contribution in [0.15, 0.2) is 24.3 Å². The van der Waals surface area contributed by atoms with Crippen LogP contribution in [0.4, 0.5) is 0 Å². The van der Waals surface area contributed by atoms with Crippen molar-refractivity contribution in [3.63, 3.8) is 0 Å². The Labute approximate surface area is 118 Å². The molecule has 2 atom stereocenters. The van der Waals surface area contributed by atoms with Gasteiger partial charge in [0, 0.05) is 12.6 Å². The van der Waals surface area contributed by atoms with Crippen LogP contribution in [-0.2, 0) is 16.1 Å². The zero-order valence-electron chi connectivity index (χ0n) is 11.7. The molecule has 1 aromatic rings. The number of nitrogens with zero attached hydrogens (tertiary/aromatic N) is 1. The SMILES string of the molecule is CCCN(Cc1ccc(O)cc1)C1COCC1C(=O)O. The number of phenolic OH excluding ortho intramolecular Hbond substituents is 1. The highest BCUT2D eigenvalue weighted by Crippen LogP contribution is 2.23. The summed E-state index contributed by atoms with van der Waals surface area (Å²) in [6.07, 6.45) is 0.959. The van der Waals surface area contributed by atoms with Crippen LogP contribution in [0.1, 0.15) is 18.9 Å². The van der Waals surface area contributed by atoms with Gasteiger partial charge in [-0.25, -0.2) is 0 Å². The molecule has 0 aromatic heterocycles. The molecule has 5 nitrogen and oxygen atoms in total. The van der Waals surface area contributed by atoms with Gasteiger partial charge in [0.15, 0.2) is 0 Å². The van der Waals surface area contributed by atoms with Crippen LogP contribution in [0, 0.1) is 5.92 Å². The highest BCUT2D eigenvalue weighted by atomic mass is 16.5. The lowest BCUT2D eigenvalue weighted by Crippen LogP contribution is -2.43. The normalized spacial score (nSPS) is 22.3. The Bertz CT molecular complexity index is 446. The number of ether oxygens (including phenoxy) is 1. The first-order valence-corrected chi connectivity index (χ1v) is 6.94. The number of carboxylic acids is 1. The molecule has 1 aliphatic heterocycles. The van der Waals surface area contributed by atoms with Crippen molar-refractivity contribution in [2.24, 2.45) is 5.92 Å². The summed E-state index contributed by atoms with van der Waals surface area (Å²) in [5, 5.41) is 18.6. The van der Waals surface area contributed by atoms with Crippen LogP contribution in [0.25, 0.3) is 0 Å². The van der Waals surface area contributed by atoms with Crippen molar-refractivity contribution >= 4 is 5.97 Å². The topological polar surface area (TPSA) is 70.0 Å². The minimum Gasteiger partial charge on any atom is -0.508 e. The summed E-state index contributed by atoms with van der Waals surface area (Å²) in [6, 6.07) is 6.95. The van der Waals surface area contributed by atoms with Crippen LogP contribution in [-0.4, -0.2) is 46.9 Å². The molecule has 0 bridgehead atoms. The third-order valence-corrected chi connectivity index (χ3v) is 3.67. The predicted octanol–water partition coefficient (Wildman–Crippen LogP) is 1.70. The molecule has 0 radical (unpaired) electrons. The maximum Gasteiger partial charge on any atom is 0.310 e. The number of rotatable bonds is 6. The second kappa shape index (κ2) is 6.72. The second-order valence-electron chi connectivity index (χ2n) is 5.19. The maximum absolute atomic E-state index is 11.3. The third-order valence-electron chi connectivity index (χ3n) is 3.67. The first kappa shape index (κ1) is 14.8. The Kier molecular flexibility index (Phi) is 4.98. The summed E-state index contributed by atoms with van der Waals surface area (Å²) >= 11 is 0. The summed E-state index contributed by atoms with van der Waals surface area (Å²) in [6.45, 7) is 4.34. The van der Waals surface area contributed by atoms with E-state index in [9.17, 15) is 15.0 Å². The number of benzene rings is 1. The van der Waals surface area contributed by atoms with Gasteiger partial charge < -0.3 is 14.9 Å². The van der Waals surface area contributed by atoms with Crippen LogP contribution in [0.2, 0.25) is 0 Å². The first-order valence-electron chi connectivity index (χ1n) is 6.94.